The Bertz CT molecular complexity index is 295. The highest BCUT2D eigenvalue weighted by Crippen LogP contribution is 1.94. The van der Waals surface area contributed by atoms with Gasteiger partial charge in [0.15, 0.2) is 0 Å². The van der Waals surface area contributed by atoms with Crippen LogP contribution in [0.2, 0.25) is 0 Å². The minimum absolute atomic E-state index is 0.422. The summed E-state index contributed by atoms with van der Waals surface area (Å²) in [4.78, 5) is 34.2. The summed E-state index contributed by atoms with van der Waals surface area (Å²) >= 11 is 0. The van der Waals surface area contributed by atoms with Crippen molar-refractivity contribution in [2.45, 2.75) is 12.5 Å². The van der Waals surface area contributed by atoms with Crippen molar-refractivity contribution < 1.29 is 19.5 Å². The van der Waals surface area contributed by atoms with E-state index in [4.69, 9.17) is 10.8 Å². The van der Waals surface area contributed by atoms with Crippen LogP contribution in [0.1, 0.15) is 6.42 Å². The van der Waals surface area contributed by atoms with E-state index in [0.717, 1.165) is 0 Å². The Kier molecular flexibility index (Phi) is 6.64. The molecular weight excluding hydrogens is 228 g/mol. The number of hydrogen-bond acceptors (Lipinski definition) is 4. The van der Waals surface area contributed by atoms with Gasteiger partial charge in [0, 0.05) is 20.1 Å². The molecule has 0 aliphatic rings. The molecule has 0 saturated heterocycles. The molecule has 0 unspecified atom stereocenters. The molecule has 8 nitrogen and oxygen atoms in total. The van der Waals surface area contributed by atoms with E-state index in [-0.39, 0.29) is 0 Å². The zero-order valence-corrected chi connectivity index (χ0v) is 9.90. The van der Waals surface area contributed by atoms with E-state index < -0.39 is 30.4 Å². The summed E-state index contributed by atoms with van der Waals surface area (Å²) in [6, 6.07) is -1.86. The van der Waals surface area contributed by atoms with E-state index in [1.54, 1.807) is 7.05 Å². The molecule has 0 rings (SSSR count). The lowest BCUT2D eigenvalue weighted by molar-refractivity contribution is -0.140. The second kappa shape index (κ2) is 7.44. The number of hydrogen-bond donors (Lipinski definition) is 4. The third-order valence-electron chi connectivity index (χ3n) is 2.05. The molecule has 0 saturated carbocycles. The Balaban J connectivity index is 4.29. The van der Waals surface area contributed by atoms with E-state index >= 15 is 0 Å². The summed E-state index contributed by atoms with van der Waals surface area (Å²) in [7, 11) is 3.26. The van der Waals surface area contributed by atoms with Crippen molar-refractivity contribution in [1.82, 2.24) is 15.5 Å². The first-order chi connectivity index (χ1) is 7.88. The molecule has 8 heteroatoms. The zero-order chi connectivity index (χ0) is 13.4. The highest BCUT2D eigenvalue weighted by molar-refractivity contribution is 5.87. The van der Waals surface area contributed by atoms with Gasteiger partial charge >= 0.3 is 12.0 Å². The van der Waals surface area contributed by atoms with E-state index in [1.165, 1.54) is 11.9 Å². The number of rotatable bonds is 7. The number of aliphatic carboxylic acids is 1. The van der Waals surface area contributed by atoms with E-state index in [9.17, 15) is 14.4 Å². The number of nitrogens with one attached hydrogen (secondary N) is 2. The van der Waals surface area contributed by atoms with Crippen LogP contribution in [0, 0.1) is 0 Å². The first-order valence-electron chi connectivity index (χ1n) is 5.05. The number of nitrogens with two attached hydrogens (primary N) is 1. The van der Waals surface area contributed by atoms with Gasteiger partial charge in [-0.05, 0) is 7.05 Å². The van der Waals surface area contributed by atoms with E-state index in [0.29, 0.717) is 13.1 Å². The molecular formula is C9H18N4O4. The van der Waals surface area contributed by atoms with Crippen LogP contribution in [0.5, 0.6) is 0 Å². The number of nitrogens with zero attached hydrogens (tertiary/aromatic N) is 1. The summed E-state index contributed by atoms with van der Waals surface area (Å²) in [5.41, 5.74) is 4.89. The number of carbonyl (C=O) groups is 3. The first kappa shape index (κ1) is 15.2. The fourth-order valence-electron chi connectivity index (χ4n) is 1.04. The summed E-state index contributed by atoms with van der Waals surface area (Å²) in [5, 5.41) is 13.8. The van der Waals surface area contributed by atoms with Crippen molar-refractivity contribution in [2.24, 2.45) is 5.73 Å². The Morgan fingerprint density at radius 1 is 1.41 bits per heavy atom. The monoisotopic (exact) mass is 246 g/mol. The van der Waals surface area contributed by atoms with Crippen molar-refractivity contribution in [1.29, 1.82) is 0 Å². The molecule has 1 atom stereocenters. The predicted molar refractivity (Wildman–Crippen MR) is 60.3 cm³/mol. The van der Waals surface area contributed by atoms with Crippen LogP contribution >= 0.6 is 0 Å². The van der Waals surface area contributed by atoms with Crippen LogP contribution in [0.3, 0.4) is 0 Å². The minimum atomic E-state index is -1.29. The maximum atomic E-state index is 11.5. The molecule has 0 aromatic rings. The van der Waals surface area contributed by atoms with Crippen molar-refractivity contribution in [2.75, 3.05) is 27.2 Å². The lowest BCUT2D eigenvalue weighted by atomic mass is 10.2. The molecule has 5 N–H and O–H groups in total. The molecule has 0 heterocycles. The van der Waals surface area contributed by atoms with Crippen LogP contribution in [0.4, 0.5) is 4.79 Å². The van der Waals surface area contributed by atoms with Crippen LogP contribution in [-0.2, 0) is 9.59 Å². The molecule has 0 fully saturated rings. The number of amides is 3. The molecule has 3 amide bonds. The second-order valence-electron chi connectivity index (χ2n) is 3.54. The van der Waals surface area contributed by atoms with E-state index in [2.05, 4.69) is 10.6 Å². The maximum absolute atomic E-state index is 11.5. The van der Waals surface area contributed by atoms with Gasteiger partial charge in [-0.2, -0.15) is 0 Å². The average molecular weight is 246 g/mol. The maximum Gasteiger partial charge on any atom is 0.326 e. The number of carboxylic acids is 1. The van der Waals surface area contributed by atoms with Gasteiger partial charge in [0.2, 0.25) is 5.91 Å². The van der Waals surface area contributed by atoms with Gasteiger partial charge in [0.1, 0.15) is 6.04 Å². The van der Waals surface area contributed by atoms with Crippen molar-refractivity contribution >= 4 is 17.9 Å². The lowest BCUT2D eigenvalue weighted by Crippen LogP contribution is -2.49. The Morgan fingerprint density at radius 3 is 2.41 bits per heavy atom. The standard InChI is InChI=1S/C9H18N4O4/c1-11-3-4-13(2)9(17)12-6(8(15)16)5-7(10)14/h6,11H,3-5H2,1-2H3,(H2,10,14)(H,12,17)(H,15,16)/t6-/m0/s1. The number of likely N-dealkylation sites (N-methyl/N-ethyl adjacent to an activating group) is 2. The fraction of sp³-hybridized carbons (Fsp3) is 0.667. The Morgan fingerprint density at radius 2 is 2.00 bits per heavy atom. The molecule has 0 spiro atoms. The normalized spacial score (nSPS) is 11.6. The number of urea groups is 1. The molecule has 0 aromatic heterocycles. The highest BCUT2D eigenvalue weighted by Gasteiger charge is 2.23. The number of primary amides is 1. The quantitative estimate of drug-likeness (QED) is 0.421. The topological polar surface area (TPSA) is 125 Å². The Labute approximate surface area is 99.1 Å². The largest absolute Gasteiger partial charge is 0.480 e. The molecule has 98 valence electrons. The molecule has 0 aliphatic heterocycles. The van der Waals surface area contributed by atoms with Gasteiger partial charge in [0.05, 0.1) is 6.42 Å². The Hall–Kier alpha value is -1.83. The zero-order valence-electron chi connectivity index (χ0n) is 9.90. The SMILES string of the molecule is CNCCN(C)C(=O)N[C@@H](CC(N)=O)C(=O)O. The fourth-order valence-corrected chi connectivity index (χ4v) is 1.04. The van der Waals surface area contributed by atoms with Crippen LogP contribution < -0.4 is 16.4 Å². The van der Waals surface area contributed by atoms with Gasteiger partial charge < -0.3 is 26.4 Å². The summed E-state index contributed by atoms with van der Waals surface area (Å²) in [6.07, 6.45) is -0.430. The highest BCUT2D eigenvalue weighted by atomic mass is 16.4. The number of carboxylic acid groups (broad SMARTS) is 1. The van der Waals surface area contributed by atoms with E-state index in [1.807, 2.05) is 0 Å². The summed E-state index contributed by atoms with van der Waals surface area (Å²) in [5.74, 6) is -2.07. The first-order valence-corrected chi connectivity index (χ1v) is 5.05. The van der Waals surface area contributed by atoms with Crippen molar-refractivity contribution in [3.63, 3.8) is 0 Å². The lowest BCUT2D eigenvalue weighted by Gasteiger charge is -2.20. The molecule has 0 bridgehead atoms. The van der Waals surface area contributed by atoms with Gasteiger partial charge in [-0.1, -0.05) is 0 Å². The van der Waals surface area contributed by atoms with Crippen LogP contribution in [0.15, 0.2) is 0 Å². The number of carbonyl (C=O) groups excluding carboxylic acids is 2. The predicted octanol–water partition coefficient (Wildman–Crippen LogP) is -1.82. The van der Waals surface area contributed by atoms with Gasteiger partial charge in [-0.25, -0.2) is 9.59 Å². The van der Waals surface area contributed by atoms with Crippen molar-refractivity contribution in [3.8, 4) is 0 Å². The molecule has 0 aliphatic carbocycles. The molecule has 0 radical (unpaired) electrons. The second-order valence-corrected chi connectivity index (χ2v) is 3.54. The third-order valence-corrected chi connectivity index (χ3v) is 2.05. The van der Waals surface area contributed by atoms with Gasteiger partial charge in [0.25, 0.3) is 0 Å². The summed E-state index contributed by atoms with van der Waals surface area (Å²) in [6.45, 7) is 1.00. The van der Waals surface area contributed by atoms with Crippen molar-refractivity contribution in [3.05, 3.63) is 0 Å². The third kappa shape index (κ3) is 6.36. The molecule has 17 heavy (non-hydrogen) atoms. The molecule has 0 aromatic carbocycles. The summed E-state index contributed by atoms with van der Waals surface area (Å²) < 4.78 is 0. The average Bonchev–Trinajstić information content (AvgIpc) is 2.23. The smallest absolute Gasteiger partial charge is 0.326 e. The van der Waals surface area contributed by atoms with Gasteiger partial charge in [-0.3, -0.25) is 4.79 Å². The van der Waals surface area contributed by atoms with Gasteiger partial charge in [-0.15, -0.1) is 0 Å². The van der Waals surface area contributed by atoms with Crippen LogP contribution in [0.25, 0.3) is 0 Å². The van der Waals surface area contributed by atoms with Crippen LogP contribution in [-0.4, -0.2) is 61.1 Å². The minimum Gasteiger partial charge on any atom is -0.480 e.